The van der Waals surface area contributed by atoms with E-state index in [-0.39, 0.29) is 5.75 Å². The second-order valence-corrected chi connectivity index (χ2v) is 3.04. The molecule has 0 aliphatic rings. The van der Waals surface area contributed by atoms with E-state index in [1.165, 1.54) is 19.2 Å². The Kier molecular flexibility index (Phi) is 3.97. The summed E-state index contributed by atoms with van der Waals surface area (Å²) in [5, 5.41) is 9.20. The molecule has 1 aromatic rings. The van der Waals surface area contributed by atoms with Gasteiger partial charge < -0.3 is 14.6 Å². The molecule has 0 saturated heterocycles. The first-order valence-electron chi connectivity index (χ1n) is 4.71. The van der Waals surface area contributed by atoms with E-state index in [9.17, 15) is 9.90 Å². The smallest absolute Gasteiger partial charge is 0.347 e. The number of phenolic OH excluding ortho intramolecular Hbond substituents is 1. The first-order chi connectivity index (χ1) is 7.17. The van der Waals surface area contributed by atoms with Crippen molar-refractivity contribution in [3.05, 3.63) is 24.3 Å². The third-order valence-electron chi connectivity index (χ3n) is 1.93. The normalized spacial score (nSPS) is 11.9. The van der Waals surface area contributed by atoms with Crippen molar-refractivity contribution in [2.75, 3.05) is 7.11 Å². The third-order valence-corrected chi connectivity index (χ3v) is 1.93. The van der Waals surface area contributed by atoms with Gasteiger partial charge in [0, 0.05) is 6.07 Å². The molecular weight excluding hydrogens is 196 g/mol. The highest BCUT2D eigenvalue weighted by atomic mass is 16.6. The molecule has 0 amide bonds. The number of hydrogen-bond acceptors (Lipinski definition) is 4. The number of phenols is 1. The molecule has 82 valence electrons. The maximum atomic E-state index is 11.2. The predicted octanol–water partition coefficient (Wildman–Crippen LogP) is 1.72. The molecule has 0 radical (unpaired) electrons. The molecule has 1 atom stereocenters. The zero-order valence-corrected chi connectivity index (χ0v) is 8.77. The number of benzene rings is 1. The molecule has 4 heteroatoms. The molecule has 0 fully saturated rings. The first-order valence-corrected chi connectivity index (χ1v) is 4.71. The lowest BCUT2D eigenvalue weighted by atomic mass is 10.2. The molecule has 1 N–H and O–H groups in total. The van der Waals surface area contributed by atoms with Crippen LogP contribution in [0.1, 0.15) is 13.3 Å². The van der Waals surface area contributed by atoms with Crippen molar-refractivity contribution >= 4 is 5.97 Å². The van der Waals surface area contributed by atoms with Gasteiger partial charge in [-0.1, -0.05) is 13.0 Å². The minimum absolute atomic E-state index is 0.104. The van der Waals surface area contributed by atoms with Crippen LogP contribution >= 0.6 is 0 Å². The van der Waals surface area contributed by atoms with Crippen molar-refractivity contribution in [1.82, 2.24) is 0 Å². The molecule has 0 bridgehead atoms. The van der Waals surface area contributed by atoms with Crippen LogP contribution in [0.15, 0.2) is 24.3 Å². The molecule has 0 aromatic heterocycles. The van der Waals surface area contributed by atoms with Gasteiger partial charge in [-0.3, -0.25) is 0 Å². The Morgan fingerprint density at radius 2 is 2.27 bits per heavy atom. The Hall–Kier alpha value is -1.71. The number of rotatable bonds is 4. The van der Waals surface area contributed by atoms with Crippen LogP contribution in [0.5, 0.6) is 11.5 Å². The van der Waals surface area contributed by atoms with Gasteiger partial charge in [-0.15, -0.1) is 0 Å². The second kappa shape index (κ2) is 5.24. The van der Waals surface area contributed by atoms with E-state index >= 15 is 0 Å². The Bertz CT molecular complexity index is 335. The van der Waals surface area contributed by atoms with E-state index in [1.807, 2.05) is 6.92 Å². The number of carbonyl (C=O) groups is 1. The molecule has 1 unspecified atom stereocenters. The molecule has 1 aromatic carbocycles. The summed E-state index contributed by atoms with van der Waals surface area (Å²) in [5.74, 6) is 0.139. The zero-order valence-electron chi connectivity index (χ0n) is 8.77. The summed E-state index contributed by atoms with van der Waals surface area (Å²) >= 11 is 0. The van der Waals surface area contributed by atoms with Crippen LogP contribution in [0, 0.1) is 0 Å². The monoisotopic (exact) mass is 210 g/mol. The van der Waals surface area contributed by atoms with Gasteiger partial charge in [0.15, 0.2) is 6.10 Å². The standard InChI is InChI=1S/C11H14O4/c1-3-10(11(13)14-2)15-9-6-4-5-8(12)7-9/h4-7,10,12H,3H2,1-2H3. The van der Waals surface area contributed by atoms with Gasteiger partial charge in [0.1, 0.15) is 11.5 Å². The first kappa shape index (κ1) is 11.4. The van der Waals surface area contributed by atoms with Gasteiger partial charge in [0.2, 0.25) is 0 Å². The summed E-state index contributed by atoms with van der Waals surface area (Å²) in [6, 6.07) is 6.30. The van der Waals surface area contributed by atoms with Crippen molar-refractivity contribution in [3.8, 4) is 11.5 Å². The zero-order chi connectivity index (χ0) is 11.3. The Morgan fingerprint density at radius 1 is 1.53 bits per heavy atom. The fraction of sp³-hybridized carbons (Fsp3) is 0.364. The number of hydrogen-bond donors (Lipinski definition) is 1. The van der Waals surface area contributed by atoms with Crippen LogP contribution in [0.4, 0.5) is 0 Å². The number of ether oxygens (including phenoxy) is 2. The molecule has 1 rings (SSSR count). The SMILES string of the molecule is CCC(Oc1cccc(O)c1)C(=O)OC. The molecule has 0 aliphatic carbocycles. The summed E-state index contributed by atoms with van der Waals surface area (Å²) in [4.78, 5) is 11.2. The third kappa shape index (κ3) is 3.16. The van der Waals surface area contributed by atoms with E-state index in [0.29, 0.717) is 12.2 Å². The summed E-state index contributed by atoms with van der Waals surface area (Å²) in [6.07, 6.45) is -0.112. The average molecular weight is 210 g/mol. The van der Waals surface area contributed by atoms with Gasteiger partial charge >= 0.3 is 5.97 Å². The lowest BCUT2D eigenvalue weighted by molar-refractivity contribution is -0.148. The number of methoxy groups -OCH3 is 1. The molecule has 0 spiro atoms. The molecular formula is C11H14O4. The van der Waals surface area contributed by atoms with Crippen molar-refractivity contribution < 1.29 is 19.4 Å². The molecule has 0 heterocycles. The maximum absolute atomic E-state index is 11.2. The molecule has 15 heavy (non-hydrogen) atoms. The minimum atomic E-state index is -0.628. The highest BCUT2D eigenvalue weighted by Crippen LogP contribution is 2.19. The van der Waals surface area contributed by atoms with Crippen LogP contribution in [0.2, 0.25) is 0 Å². The summed E-state index contributed by atoms with van der Waals surface area (Å²) in [6.45, 7) is 1.82. The van der Waals surface area contributed by atoms with Gasteiger partial charge in [0.05, 0.1) is 7.11 Å². The predicted molar refractivity (Wildman–Crippen MR) is 54.8 cm³/mol. The number of carbonyl (C=O) groups excluding carboxylic acids is 1. The van der Waals surface area contributed by atoms with E-state index in [2.05, 4.69) is 4.74 Å². The van der Waals surface area contributed by atoms with Crippen LogP contribution in [-0.4, -0.2) is 24.3 Å². The van der Waals surface area contributed by atoms with Gasteiger partial charge in [-0.05, 0) is 18.6 Å². The Morgan fingerprint density at radius 3 is 2.80 bits per heavy atom. The van der Waals surface area contributed by atoms with Crippen molar-refractivity contribution in [3.63, 3.8) is 0 Å². The average Bonchev–Trinajstić information content (AvgIpc) is 2.25. The van der Waals surface area contributed by atoms with Crippen molar-refractivity contribution in [2.45, 2.75) is 19.4 Å². The highest BCUT2D eigenvalue weighted by molar-refractivity contribution is 5.74. The van der Waals surface area contributed by atoms with E-state index in [0.717, 1.165) is 0 Å². The van der Waals surface area contributed by atoms with E-state index < -0.39 is 12.1 Å². The van der Waals surface area contributed by atoms with Crippen molar-refractivity contribution in [1.29, 1.82) is 0 Å². The summed E-state index contributed by atoms with van der Waals surface area (Å²) in [5.41, 5.74) is 0. The van der Waals surface area contributed by atoms with Crippen LogP contribution in [-0.2, 0) is 9.53 Å². The van der Waals surface area contributed by atoms with Crippen molar-refractivity contribution in [2.24, 2.45) is 0 Å². The summed E-state index contributed by atoms with van der Waals surface area (Å²) < 4.78 is 9.94. The second-order valence-electron chi connectivity index (χ2n) is 3.04. The Balaban J connectivity index is 2.70. The fourth-order valence-corrected chi connectivity index (χ4v) is 1.15. The van der Waals surface area contributed by atoms with Crippen LogP contribution in [0.3, 0.4) is 0 Å². The maximum Gasteiger partial charge on any atom is 0.347 e. The van der Waals surface area contributed by atoms with Gasteiger partial charge in [-0.25, -0.2) is 4.79 Å². The molecule has 0 aliphatic heterocycles. The number of aromatic hydroxyl groups is 1. The lowest BCUT2D eigenvalue weighted by Crippen LogP contribution is -2.27. The topological polar surface area (TPSA) is 55.8 Å². The molecule has 0 saturated carbocycles. The lowest BCUT2D eigenvalue weighted by Gasteiger charge is -2.14. The highest BCUT2D eigenvalue weighted by Gasteiger charge is 2.18. The Labute approximate surface area is 88.4 Å². The van der Waals surface area contributed by atoms with Gasteiger partial charge in [-0.2, -0.15) is 0 Å². The quantitative estimate of drug-likeness (QED) is 0.769. The van der Waals surface area contributed by atoms with E-state index in [1.54, 1.807) is 12.1 Å². The van der Waals surface area contributed by atoms with Gasteiger partial charge in [0.25, 0.3) is 0 Å². The largest absolute Gasteiger partial charge is 0.508 e. The summed E-state index contributed by atoms with van der Waals surface area (Å²) in [7, 11) is 1.32. The van der Waals surface area contributed by atoms with Crippen LogP contribution < -0.4 is 4.74 Å². The number of esters is 1. The van der Waals surface area contributed by atoms with Crippen LogP contribution in [0.25, 0.3) is 0 Å². The molecule has 4 nitrogen and oxygen atoms in total. The minimum Gasteiger partial charge on any atom is -0.508 e. The van der Waals surface area contributed by atoms with E-state index in [4.69, 9.17) is 4.74 Å². The fourth-order valence-electron chi connectivity index (χ4n) is 1.15.